The Morgan fingerprint density at radius 2 is 2.13 bits per heavy atom. The first kappa shape index (κ1) is 9.96. The zero-order valence-corrected chi connectivity index (χ0v) is 8.28. The van der Waals surface area contributed by atoms with Crippen molar-refractivity contribution in [2.24, 2.45) is 0 Å². The second-order valence-corrected chi connectivity index (χ2v) is 3.25. The third kappa shape index (κ3) is 1.79. The van der Waals surface area contributed by atoms with E-state index in [0.717, 1.165) is 10.9 Å². The van der Waals surface area contributed by atoms with E-state index in [9.17, 15) is 8.78 Å². The maximum absolute atomic E-state index is 12.3. The molecule has 15 heavy (non-hydrogen) atoms. The van der Waals surface area contributed by atoms with Crippen LogP contribution in [-0.2, 0) is 6.54 Å². The highest BCUT2D eigenvalue weighted by molar-refractivity contribution is 5.86. The molecular formula is C11H11F2NO. The first-order valence-corrected chi connectivity index (χ1v) is 4.62. The van der Waals surface area contributed by atoms with Crippen LogP contribution in [0.15, 0.2) is 30.5 Å². The van der Waals surface area contributed by atoms with Crippen molar-refractivity contribution in [2.75, 3.05) is 7.11 Å². The highest BCUT2D eigenvalue weighted by Crippen LogP contribution is 2.26. The molecule has 80 valence electrons. The summed E-state index contributed by atoms with van der Waals surface area (Å²) >= 11 is 0. The molecule has 0 spiro atoms. The second kappa shape index (κ2) is 3.88. The van der Waals surface area contributed by atoms with Crippen LogP contribution in [0, 0.1) is 0 Å². The van der Waals surface area contributed by atoms with Crippen LogP contribution in [0.4, 0.5) is 8.78 Å². The third-order valence-corrected chi connectivity index (χ3v) is 2.33. The molecule has 0 saturated heterocycles. The van der Waals surface area contributed by atoms with E-state index in [-0.39, 0.29) is 6.54 Å². The SMILES string of the molecule is COc1cccc2c1ccn2CC(F)F. The van der Waals surface area contributed by atoms with Crippen LogP contribution >= 0.6 is 0 Å². The summed E-state index contributed by atoms with van der Waals surface area (Å²) in [7, 11) is 1.57. The number of methoxy groups -OCH3 is 1. The number of halogens is 2. The molecule has 0 aliphatic heterocycles. The van der Waals surface area contributed by atoms with Crippen molar-refractivity contribution in [3.8, 4) is 5.75 Å². The number of benzene rings is 1. The van der Waals surface area contributed by atoms with E-state index in [1.165, 1.54) is 4.57 Å². The first-order valence-electron chi connectivity index (χ1n) is 4.62. The van der Waals surface area contributed by atoms with Gasteiger partial charge in [0.2, 0.25) is 0 Å². The Morgan fingerprint density at radius 3 is 2.80 bits per heavy atom. The first-order chi connectivity index (χ1) is 7.22. The minimum Gasteiger partial charge on any atom is -0.496 e. The average Bonchev–Trinajstić information content (AvgIpc) is 2.61. The van der Waals surface area contributed by atoms with Crippen molar-refractivity contribution in [3.05, 3.63) is 30.5 Å². The lowest BCUT2D eigenvalue weighted by Gasteiger charge is -2.05. The summed E-state index contributed by atoms with van der Waals surface area (Å²) in [5.41, 5.74) is 0.773. The standard InChI is InChI=1S/C11H11F2NO/c1-15-10-4-2-3-9-8(10)5-6-14(9)7-11(12)13/h2-6,11H,7H2,1H3. The topological polar surface area (TPSA) is 14.2 Å². The van der Waals surface area contributed by atoms with Crippen molar-refractivity contribution in [1.82, 2.24) is 4.57 Å². The van der Waals surface area contributed by atoms with E-state index in [1.807, 2.05) is 6.07 Å². The number of ether oxygens (including phenoxy) is 1. The minimum atomic E-state index is -2.34. The molecular weight excluding hydrogens is 200 g/mol. The van der Waals surface area contributed by atoms with Crippen LogP contribution in [0.1, 0.15) is 0 Å². The lowest BCUT2D eigenvalue weighted by molar-refractivity contribution is 0.128. The number of fused-ring (bicyclic) bond motifs is 1. The summed E-state index contributed by atoms with van der Waals surface area (Å²) in [4.78, 5) is 0. The van der Waals surface area contributed by atoms with Gasteiger partial charge in [0.05, 0.1) is 19.2 Å². The zero-order valence-electron chi connectivity index (χ0n) is 8.28. The van der Waals surface area contributed by atoms with E-state index < -0.39 is 6.43 Å². The van der Waals surface area contributed by atoms with Gasteiger partial charge in [-0.15, -0.1) is 0 Å². The van der Waals surface area contributed by atoms with E-state index in [1.54, 1.807) is 31.5 Å². The van der Waals surface area contributed by atoms with E-state index in [0.29, 0.717) is 5.75 Å². The summed E-state index contributed by atoms with van der Waals surface area (Å²) in [6, 6.07) is 7.20. The Balaban J connectivity index is 2.51. The van der Waals surface area contributed by atoms with Gasteiger partial charge in [0.25, 0.3) is 6.43 Å². The average molecular weight is 211 g/mol. The molecule has 2 nitrogen and oxygen atoms in total. The number of alkyl halides is 2. The lowest BCUT2D eigenvalue weighted by Crippen LogP contribution is -2.04. The Hall–Kier alpha value is -1.58. The van der Waals surface area contributed by atoms with E-state index in [4.69, 9.17) is 4.74 Å². The molecule has 2 aromatic rings. The normalized spacial score (nSPS) is 11.2. The van der Waals surface area contributed by atoms with Crippen LogP contribution < -0.4 is 4.74 Å². The van der Waals surface area contributed by atoms with Gasteiger partial charge in [-0.05, 0) is 18.2 Å². The van der Waals surface area contributed by atoms with Crippen LogP contribution in [0.2, 0.25) is 0 Å². The Bertz CT molecular complexity index is 465. The lowest BCUT2D eigenvalue weighted by atomic mass is 10.2. The third-order valence-electron chi connectivity index (χ3n) is 2.33. The molecule has 0 bridgehead atoms. The molecule has 0 radical (unpaired) electrons. The van der Waals surface area contributed by atoms with Crippen LogP contribution in [0.3, 0.4) is 0 Å². The molecule has 0 aliphatic rings. The maximum atomic E-state index is 12.3. The largest absolute Gasteiger partial charge is 0.496 e. The fourth-order valence-corrected chi connectivity index (χ4v) is 1.68. The molecule has 1 aromatic carbocycles. The quantitative estimate of drug-likeness (QED) is 0.761. The van der Waals surface area contributed by atoms with Crippen LogP contribution in [0.25, 0.3) is 10.9 Å². The molecule has 0 unspecified atom stereocenters. The molecule has 0 saturated carbocycles. The van der Waals surface area contributed by atoms with Gasteiger partial charge in [-0.1, -0.05) is 6.07 Å². The number of hydrogen-bond donors (Lipinski definition) is 0. The minimum absolute atomic E-state index is 0.281. The van der Waals surface area contributed by atoms with Gasteiger partial charge in [0, 0.05) is 11.6 Å². The predicted octanol–water partition coefficient (Wildman–Crippen LogP) is 2.92. The van der Waals surface area contributed by atoms with E-state index >= 15 is 0 Å². The number of rotatable bonds is 3. The molecule has 1 aromatic heterocycles. The predicted molar refractivity (Wildman–Crippen MR) is 54.5 cm³/mol. The van der Waals surface area contributed by atoms with Gasteiger partial charge >= 0.3 is 0 Å². The van der Waals surface area contributed by atoms with Crippen molar-refractivity contribution in [3.63, 3.8) is 0 Å². The van der Waals surface area contributed by atoms with Gasteiger partial charge in [-0.25, -0.2) is 8.78 Å². The van der Waals surface area contributed by atoms with Crippen molar-refractivity contribution in [2.45, 2.75) is 13.0 Å². The van der Waals surface area contributed by atoms with Gasteiger partial charge < -0.3 is 9.30 Å². The fourth-order valence-electron chi connectivity index (χ4n) is 1.68. The summed E-state index contributed by atoms with van der Waals surface area (Å²) in [5.74, 6) is 0.709. The number of hydrogen-bond acceptors (Lipinski definition) is 1. The molecule has 0 amide bonds. The van der Waals surface area contributed by atoms with Crippen LogP contribution in [-0.4, -0.2) is 18.1 Å². The van der Waals surface area contributed by atoms with Gasteiger partial charge in [-0.2, -0.15) is 0 Å². The summed E-state index contributed by atoms with van der Waals surface area (Å²) in [6.07, 6.45) is -0.689. The van der Waals surface area contributed by atoms with Gasteiger partial charge in [0.15, 0.2) is 0 Å². The number of aromatic nitrogens is 1. The van der Waals surface area contributed by atoms with Crippen LogP contribution in [0.5, 0.6) is 5.75 Å². The smallest absolute Gasteiger partial charge is 0.256 e. The maximum Gasteiger partial charge on any atom is 0.256 e. The molecule has 0 N–H and O–H groups in total. The van der Waals surface area contributed by atoms with Gasteiger partial charge in [-0.3, -0.25) is 0 Å². The Kier molecular flexibility index (Phi) is 2.58. The van der Waals surface area contributed by atoms with E-state index in [2.05, 4.69) is 0 Å². The highest BCUT2D eigenvalue weighted by atomic mass is 19.3. The molecule has 0 fully saturated rings. The molecule has 0 aliphatic carbocycles. The molecule has 2 rings (SSSR count). The Labute approximate surface area is 86.1 Å². The summed E-state index contributed by atoms with van der Waals surface area (Å²) < 4.78 is 31.2. The summed E-state index contributed by atoms with van der Waals surface area (Å²) in [5, 5.41) is 0.862. The number of nitrogens with zero attached hydrogens (tertiary/aromatic N) is 1. The van der Waals surface area contributed by atoms with Crippen molar-refractivity contribution >= 4 is 10.9 Å². The fraction of sp³-hybridized carbons (Fsp3) is 0.273. The highest BCUT2D eigenvalue weighted by Gasteiger charge is 2.09. The molecule has 1 heterocycles. The molecule has 0 atom stereocenters. The summed E-state index contributed by atoms with van der Waals surface area (Å²) in [6.45, 7) is -0.281. The monoisotopic (exact) mass is 211 g/mol. The zero-order chi connectivity index (χ0) is 10.8. The Morgan fingerprint density at radius 1 is 1.33 bits per heavy atom. The molecule has 4 heteroatoms. The second-order valence-electron chi connectivity index (χ2n) is 3.25. The van der Waals surface area contributed by atoms with Crippen molar-refractivity contribution < 1.29 is 13.5 Å². The van der Waals surface area contributed by atoms with Gasteiger partial charge in [0.1, 0.15) is 5.75 Å². The van der Waals surface area contributed by atoms with Crippen molar-refractivity contribution in [1.29, 1.82) is 0 Å².